The first-order valence-electron chi connectivity index (χ1n) is 7.91. The maximum atomic E-state index is 12.3. The van der Waals surface area contributed by atoms with E-state index in [0.717, 1.165) is 5.56 Å². The number of anilines is 1. The topological polar surface area (TPSA) is 93.7 Å². The molecule has 2 aromatic carbocycles. The summed E-state index contributed by atoms with van der Waals surface area (Å²) in [6, 6.07) is 14.2. The first-order chi connectivity index (χ1) is 12.5. The second kappa shape index (κ2) is 9.22. The standard InChI is InChI=1S/C19H20N2O5/c1-25-17(22)14-10-6-7-11-15(14)20-19(24)21-16(18(23)26-2)12-13-8-4-3-5-9-13/h3-11,16H,12H2,1-2H3,(H2,20,21,24). The number of ether oxygens (including phenoxy) is 2. The number of urea groups is 1. The fourth-order valence-corrected chi connectivity index (χ4v) is 2.38. The van der Waals surface area contributed by atoms with Gasteiger partial charge in [-0.25, -0.2) is 14.4 Å². The first kappa shape index (κ1) is 19.0. The summed E-state index contributed by atoms with van der Waals surface area (Å²) in [6.07, 6.45) is 0.277. The van der Waals surface area contributed by atoms with Crippen molar-refractivity contribution in [2.75, 3.05) is 19.5 Å². The number of hydrogen-bond donors (Lipinski definition) is 2. The van der Waals surface area contributed by atoms with Gasteiger partial charge in [0.1, 0.15) is 6.04 Å². The van der Waals surface area contributed by atoms with Crippen LogP contribution in [0.25, 0.3) is 0 Å². The first-order valence-corrected chi connectivity index (χ1v) is 7.91. The number of carbonyl (C=O) groups excluding carboxylic acids is 3. The number of para-hydroxylation sites is 1. The number of benzene rings is 2. The molecule has 0 saturated heterocycles. The monoisotopic (exact) mass is 356 g/mol. The highest BCUT2D eigenvalue weighted by molar-refractivity contribution is 6.01. The van der Waals surface area contributed by atoms with Gasteiger partial charge in [0, 0.05) is 6.42 Å². The molecule has 0 radical (unpaired) electrons. The Balaban J connectivity index is 2.10. The smallest absolute Gasteiger partial charge is 0.339 e. The van der Waals surface area contributed by atoms with Crippen LogP contribution in [-0.4, -0.2) is 38.2 Å². The van der Waals surface area contributed by atoms with Crippen LogP contribution in [0.2, 0.25) is 0 Å². The van der Waals surface area contributed by atoms with Crippen LogP contribution in [0.3, 0.4) is 0 Å². The fourth-order valence-electron chi connectivity index (χ4n) is 2.38. The molecular formula is C19H20N2O5. The number of carbonyl (C=O) groups is 3. The van der Waals surface area contributed by atoms with Crippen LogP contribution in [0.1, 0.15) is 15.9 Å². The predicted molar refractivity (Wildman–Crippen MR) is 95.9 cm³/mol. The highest BCUT2D eigenvalue weighted by atomic mass is 16.5. The van der Waals surface area contributed by atoms with Crippen LogP contribution in [0, 0.1) is 0 Å². The Bertz CT molecular complexity index is 777. The van der Waals surface area contributed by atoms with Crippen molar-refractivity contribution in [3.8, 4) is 0 Å². The van der Waals surface area contributed by atoms with Gasteiger partial charge < -0.3 is 20.1 Å². The molecule has 0 spiro atoms. The van der Waals surface area contributed by atoms with Gasteiger partial charge in [-0.1, -0.05) is 42.5 Å². The summed E-state index contributed by atoms with van der Waals surface area (Å²) in [5, 5.41) is 5.13. The molecule has 7 heteroatoms. The number of rotatable bonds is 6. The number of esters is 2. The highest BCUT2D eigenvalue weighted by Crippen LogP contribution is 2.16. The largest absolute Gasteiger partial charge is 0.467 e. The van der Waals surface area contributed by atoms with Gasteiger partial charge >= 0.3 is 18.0 Å². The quantitative estimate of drug-likeness (QED) is 0.775. The van der Waals surface area contributed by atoms with E-state index in [4.69, 9.17) is 4.74 Å². The van der Waals surface area contributed by atoms with Gasteiger partial charge in [0.25, 0.3) is 0 Å². The predicted octanol–water partition coefficient (Wildman–Crippen LogP) is 2.38. The molecule has 2 rings (SSSR count). The van der Waals surface area contributed by atoms with Crippen molar-refractivity contribution in [2.45, 2.75) is 12.5 Å². The summed E-state index contributed by atoms with van der Waals surface area (Å²) in [5.74, 6) is -1.14. The second-order valence-corrected chi connectivity index (χ2v) is 5.40. The highest BCUT2D eigenvalue weighted by Gasteiger charge is 2.23. The van der Waals surface area contributed by atoms with Crippen molar-refractivity contribution in [1.29, 1.82) is 0 Å². The average Bonchev–Trinajstić information content (AvgIpc) is 2.67. The Hall–Kier alpha value is -3.35. The minimum absolute atomic E-state index is 0.211. The fraction of sp³-hybridized carbons (Fsp3) is 0.211. The van der Waals surface area contributed by atoms with Crippen LogP contribution in [0.5, 0.6) is 0 Å². The third kappa shape index (κ3) is 5.07. The maximum absolute atomic E-state index is 12.3. The zero-order chi connectivity index (χ0) is 18.9. The van der Waals surface area contributed by atoms with E-state index in [-0.39, 0.29) is 17.7 Å². The molecule has 0 saturated carbocycles. The van der Waals surface area contributed by atoms with Gasteiger partial charge in [0.2, 0.25) is 0 Å². The summed E-state index contributed by atoms with van der Waals surface area (Å²) >= 11 is 0. The molecule has 136 valence electrons. The lowest BCUT2D eigenvalue weighted by Gasteiger charge is -2.18. The molecule has 0 fully saturated rings. The lowest BCUT2D eigenvalue weighted by atomic mass is 10.1. The molecule has 0 aliphatic carbocycles. The van der Waals surface area contributed by atoms with E-state index in [1.54, 1.807) is 18.2 Å². The van der Waals surface area contributed by atoms with Crippen LogP contribution >= 0.6 is 0 Å². The van der Waals surface area contributed by atoms with Crippen molar-refractivity contribution < 1.29 is 23.9 Å². The Labute approximate surface area is 151 Å². The lowest BCUT2D eigenvalue weighted by Crippen LogP contribution is -2.45. The second-order valence-electron chi connectivity index (χ2n) is 5.40. The summed E-state index contributed by atoms with van der Waals surface area (Å²) in [6.45, 7) is 0. The zero-order valence-corrected chi connectivity index (χ0v) is 14.5. The van der Waals surface area contributed by atoms with Crippen molar-refractivity contribution >= 4 is 23.7 Å². The van der Waals surface area contributed by atoms with Crippen LogP contribution in [0.15, 0.2) is 54.6 Å². The van der Waals surface area contributed by atoms with Gasteiger partial charge in [0.05, 0.1) is 25.5 Å². The molecular weight excluding hydrogens is 336 g/mol. The molecule has 7 nitrogen and oxygen atoms in total. The van der Waals surface area contributed by atoms with Crippen molar-refractivity contribution in [3.05, 3.63) is 65.7 Å². The van der Waals surface area contributed by atoms with E-state index in [1.807, 2.05) is 30.3 Å². The molecule has 0 heterocycles. The van der Waals surface area contributed by atoms with Gasteiger partial charge in [-0.05, 0) is 17.7 Å². The Kier molecular flexibility index (Phi) is 6.73. The number of methoxy groups -OCH3 is 2. The van der Waals surface area contributed by atoms with Gasteiger partial charge in [-0.2, -0.15) is 0 Å². The van der Waals surface area contributed by atoms with Crippen molar-refractivity contribution in [2.24, 2.45) is 0 Å². The Morgan fingerprint density at radius 3 is 2.23 bits per heavy atom. The number of amides is 2. The molecule has 26 heavy (non-hydrogen) atoms. The van der Waals surface area contributed by atoms with E-state index < -0.39 is 24.0 Å². The molecule has 0 aliphatic rings. The lowest BCUT2D eigenvalue weighted by molar-refractivity contribution is -0.142. The number of nitrogens with one attached hydrogen (secondary N) is 2. The molecule has 0 aliphatic heterocycles. The minimum atomic E-state index is -0.868. The van der Waals surface area contributed by atoms with Gasteiger partial charge in [-0.15, -0.1) is 0 Å². The molecule has 2 aromatic rings. The normalized spacial score (nSPS) is 11.2. The Morgan fingerprint density at radius 2 is 1.58 bits per heavy atom. The van der Waals surface area contributed by atoms with E-state index in [0.29, 0.717) is 0 Å². The zero-order valence-electron chi connectivity index (χ0n) is 14.5. The molecule has 2 N–H and O–H groups in total. The van der Waals surface area contributed by atoms with Crippen molar-refractivity contribution in [3.63, 3.8) is 0 Å². The summed E-state index contributed by atoms with van der Waals surface area (Å²) < 4.78 is 9.45. The Morgan fingerprint density at radius 1 is 0.923 bits per heavy atom. The molecule has 1 unspecified atom stereocenters. The third-order valence-corrected chi connectivity index (χ3v) is 3.65. The molecule has 0 aromatic heterocycles. The SMILES string of the molecule is COC(=O)c1ccccc1NC(=O)NC(Cc1ccccc1)C(=O)OC. The molecule has 2 amide bonds. The summed E-state index contributed by atoms with van der Waals surface area (Å²) in [5.41, 5.74) is 1.36. The van der Waals surface area contributed by atoms with Gasteiger partial charge in [-0.3, -0.25) is 0 Å². The van der Waals surface area contributed by atoms with E-state index >= 15 is 0 Å². The van der Waals surface area contributed by atoms with Crippen LogP contribution in [0.4, 0.5) is 10.5 Å². The van der Waals surface area contributed by atoms with E-state index in [9.17, 15) is 14.4 Å². The van der Waals surface area contributed by atoms with E-state index in [2.05, 4.69) is 15.4 Å². The molecule has 1 atom stereocenters. The molecule has 0 bridgehead atoms. The average molecular weight is 356 g/mol. The maximum Gasteiger partial charge on any atom is 0.339 e. The summed E-state index contributed by atoms with van der Waals surface area (Å²) in [7, 11) is 2.51. The number of hydrogen-bond acceptors (Lipinski definition) is 5. The minimum Gasteiger partial charge on any atom is -0.467 e. The van der Waals surface area contributed by atoms with Crippen molar-refractivity contribution in [1.82, 2.24) is 5.32 Å². The van der Waals surface area contributed by atoms with Gasteiger partial charge in [0.15, 0.2) is 0 Å². The van der Waals surface area contributed by atoms with Crippen LogP contribution in [-0.2, 0) is 20.7 Å². The summed E-state index contributed by atoms with van der Waals surface area (Å²) in [4.78, 5) is 36.1. The van der Waals surface area contributed by atoms with E-state index in [1.165, 1.54) is 20.3 Å². The van der Waals surface area contributed by atoms with Crippen LogP contribution < -0.4 is 10.6 Å². The third-order valence-electron chi connectivity index (χ3n) is 3.65.